The smallest absolute Gasteiger partial charge is 0.127 e. The summed E-state index contributed by atoms with van der Waals surface area (Å²) in [5, 5.41) is 3.15. The number of rotatable bonds is 2. The molecule has 0 radical (unpaired) electrons. The third-order valence-electron chi connectivity index (χ3n) is 3.85. The number of hydrogen-bond acceptors (Lipinski definition) is 0. The molecule has 1 aromatic rings. The quantitative estimate of drug-likeness (QED) is 0.459. The number of benzene rings is 1. The first-order valence-corrected chi connectivity index (χ1v) is 23.7. The van der Waals surface area contributed by atoms with E-state index in [0.29, 0.717) is 0 Å². The molecule has 0 saturated carbocycles. The largest absolute Gasteiger partial charge is 0.129 e. The summed E-state index contributed by atoms with van der Waals surface area (Å²) < 4.78 is 0. The van der Waals surface area contributed by atoms with Crippen molar-refractivity contribution in [3.8, 4) is 22.9 Å². The van der Waals surface area contributed by atoms with Gasteiger partial charge in [0.1, 0.15) is 16.1 Å². The molecule has 26 heavy (non-hydrogen) atoms. The Morgan fingerprint density at radius 3 is 0.962 bits per heavy atom. The average molecular weight is 415 g/mol. The Labute approximate surface area is 167 Å². The van der Waals surface area contributed by atoms with Gasteiger partial charge in [0.2, 0.25) is 0 Å². The molecular formula is C22H38Si4. The summed E-state index contributed by atoms with van der Waals surface area (Å²) in [6.07, 6.45) is 0. The second kappa shape index (κ2) is 7.68. The van der Waals surface area contributed by atoms with Crippen LogP contribution in [0.4, 0.5) is 0 Å². The summed E-state index contributed by atoms with van der Waals surface area (Å²) in [6, 6.07) is 4.52. The third kappa shape index (κ3) is 7.08. The summed E-state index contributed by atoms with van der Waals surface area (Å²) in [7, 11) is -5.88. The van der Waals surface area contributed by atoms with E-state index in [2.05, 4.69) is 114 Å². The van der Waals surface area contributed by atoms with Crippen molar-refractivity contribution in [3.05, 3.63) is 23.3 Å². The zero-order valence-corrected chi connectivity index (χ0v) is 23.2. The van der Waals surface area contributed by atoms with Gasteiger partial charge in [0, 0.05) is 11.1 Å². The summed E-state index contributed by atoms with van der Waals surface area (Å²) in [5.41, 5.74) is 9.77. The van der Waals surface area contributed by atoms with Crippen LogP contribution in [0.2, 0.25) is 78.6 Å². The highest BCUT2D eigenvalue weighted by Gasteiger charge is 2.31. The standard InChI is InChI=1S/C22H38Si4/c1-23(2,3)17-15-19-13-14-20(16-18-24(4,5)6)22(26(10,11)12)21(19)25(7,8)9/h13-14H,1-12H3. The zero-order chi connectivity index (χ0) is 20.6. The molecule has 0 spiro atoms. The lowest BCUT2D eigenvalue weighted by Gasteiger charge is -2.30. The Morgan fingerprint density at radius 1 is 0.500 bits per heavy atom. The van der Waals surface area contributed by atoms with E-state index < -0.39 is 32.3 Å². The van der Waals surface area contributed by atoms with Crippen molar-refractivity contribution < 1.29 is 0 Å². The molecular weight excluding hydrogens is 377 g/mol. The molecule has 0 aliphatic carbocycles. The highest BCUT2D eigenvalue weighted by atomic mass is 28.3. The van der Waals surface area contributed by atoms with Crippen molar-refractivity contribution in [2.24, 2.45) is 0 Å². The Balaban J connectivity index is 3.90. The highest BCUT2D eigenvalue weighted by molar-refractivity contribution is 6.99. The summed E-state index contributed by atoms with van der Waals surface area (Å²) in [6.45, 7) is 28.7. The van der Waals surface area contributed by atoms with Crippen LogP contribution in [0, 0.1) is 22.9 Å². The van der Waals surface area contributed by atoms with Crippen LogP contribution in [0.25, 0.3) is 0 Å². The molecule has 1 aromatic carbocycles. The normalized spacial score (nSPS) is 12.8. The summed E-state index contributed by atoms with van der Waals surface area (Å²) in [4.78, 5) is 0. The van der Waals surface area contributed by atoms with Gasteiger partial charge in [-0.3, -0.25) is 0 Å². The number of hydrogen-bond donors (Lipinski definition) is 0. The van der Waals surface area contributed by atoms with Crippen molar-refractivity contribution in [1.82, 2.24) is 0 Å². The molecule has 4 heteroatoms. The van der Waals surface area contributed by atoms with Crippen molar-refractivity contribution in [3.63, 3.8) is 0 Å². The van der Waals surface area contributed by atoms with Crippen LogP contribution in [0.5, 0.6) is 0 Å². The van der Waals surface area contributed by atoms with Crippen molar-refractivity contribution in [2.75, 3.05) is 0 Å². The first-order chi connectivity index (χ1) is 11.4. The van der Waals surface area contributed by atoms with Gasteiger partial charge in [0.05, 0.1) is 16.1 Å². The van der Waals surface area contributed by atoms with Gasteiger partial charge in [-0.25, -0.2) is 0 Å². The molecule has 0 atom stereocenters. The molecule has 142 valence electrons. The molecule has 0 fully saturated rings. The fourth-order valence-corrected chi connectivity index (χ4v) is 9.83. The molecule has 0 aromatic heterocycles. The molecule has 1 rings (SSSR count). The third-order valence-corrected chi connectivity index (χ3v) is 9.89. The maximum Gasteiger partial charge on any atom is 0.129 e. The van der Waals surface area contributed by atoms with Crippen LogP contribution < -0.4 is 10.4 Å². The first kappa shape index (κ1) is 23.2. The van der Waals surface area contributed by atoms with E-state index in [-0.39, 0.29) is 0 Å². The molecule has 0 amide bonds. The van der Waals surface area contributed by atoms with Gasteiger partial charge >= 0.3 is 0 Å². The van der Waals surface area contributed by atoms with Gasteiger partial charge in [0.15, 0.2) is 0 Å². The SMILES string of the molecule is C[Si](C)(C)C#Cc1ccc(C#C[Si](C)(C)C)c([Si](C)(C)C)c1[Si](C)(C)C. The van der Waals surface area contributed by atoms with Crippen LogP contribution in [-0.4, -0.2) is 32.3 Å². The topological polar surface area (TPSA) is 0 Å². The van der Waals surface area contributed by atoms with E-state index in [1.54, 1.807) is 10.4 Å². The van der Waals surface area contributed by atoms with Gasteiger partial charge in [-0.1, -0.05) is 90.4 Å². The minimum Gasteiger partial charge on any atom is -0.127 e. The van der Waals surface area contributed by atoms with E-state index >= 15 is 0 Å². The predicted octanol–water partition coefficient (Wildman–Crippen LogP) is 5.23. The fourth-order valence-electron chi connectivity index (χ4n) is 2.88. The van der Waals surface area contributed by atoms with Gasteiger partial charge in [-0.15, -0.1) is 11.1 Å². The summed E-state index contributed by atoms with van der Waals surface area (Å²) in [5.74, 6) is 7.20. The monoisotopic (exact) mass is 414 g/mol. The lowest BCUT2D eigenvalue weighted by Crippen LogP contribution is -2.58. The molecule has 0 nitrogen and oxygen atoms in total. The maximum atomic E-state index is 3.60. The molecule has 0 heterocycles. The lowest BCUT2D eigenvalue weighted by molar-refractivity contribution is 1.60. The van der Waals surface area contributed by atoms with Crippen LogP contribution in [0.1, 0.15) is 11.1 Å². The van der Waals surface area contributed by atoms with Crippen LogP contribution in [0.3, 0.4) is 0 Å². The lowest BCUT2D eigenvalue weighted by atomic mass is 10.1. The van der Waals surface area contributed by atoms with E-state index in [0.717, 1.165) is 0 Å². The maximum absolute atomic E-state index is 3.60. The van der Waals surface area contributed by atoms with Gasteiger partial charge < -0.3 is 0 Å². The first-order valence-electron chi connectivity index (χ1n) is 9.66. The van der Waals surface area contributed by atoms with Crippen molar-refractivity contribution in [1.29, 1.82) is 0 Å². The van der Waals surface area contributed by atoms with E-state index in [1.165, 1.54) is 11.1 Å². The molecule has 0 unspecified atom stereocenters. The molecule has 0 aliphatic rings. The Hall–Kier alpha value is -0.792. The van der Waals surface area contributed by atoms with Crippen LogP contribution in [0.15, 0.2) is 12.1 Å². The van der Waals surface area contributed by atoms with Gasteiger partial charge in [0.25, 0.3) is 0 Å². The minimum atomic E-state index is -1.54. The van der Waals surface area contributed by atoms with Crippen LogP contribution in [-0.2, 0) is 0 Å². The van der Waals surface area contributed by atoms with Crippen LogP contribution >= 0.6 is 0 Å². The second-order valence-electron chi connectivity index (χ2n) is 11.4. The van der Waals surface area contributed by atoms with Crippen molar-refractivity contribution >= 4 is 42.7 Å². The molecule has 0 N–H and O–H groups in total. The van der Waals surface area contributed by atoms with Crippen molar-refractivity contribution in [2.45, 2.75) is 78.6 Å². The van der Waals surface area contributed by atoms with Gasteiger partial charge in [-0.05, 0) is 22.5 Å². The van der Waals surface area contributed by atoms with E-state index in [9.17, 15) is 0 Å². The summed E-state index contributed by atoms with van der Waals surface area (Å²) >= 11 is 0. The molecule has 0 saturated heterocycles. The van der Waals surface area contributed by atoms with E-state index in [4.69, 9.17) is 0 Å². The second-order valence-corrected chi connectivity index (χ2v) is 30.9. The average Bonchev–Trinajstić information content (AvgIpc) is 2.38. The zero-order valence-electron chi connectivity index (χ0n) is 19.2. The van der Waals surface area contributed by atoms with E-state index in [1.807, 2.05) is 0 Å². The fraction of sp³-hybridized carbons (Fsp3) is 0.545. The van der Waals surface area contributed by atoms with Gasteiger partial charge in [-0.2, -0.15) is 0 Å². The Bertz CT molecular complexity index is 715. The predicted molar refractivity (Wildman–Crippen MR) is 133 cm³/mol. The highest BCUT2D eigenvalue weighted by Crippen LogP contribution is 2.14. The molecule has 0 aliphatic heterocycles. The Morgan fingerprint density at radius 2 is 0.769 bits per heavy atom. The minimum absolute atomic E-state index is 1.28. The Kier molecular flexibility index (Phi) is 6.87. The molecule has 0 bridgehead atoms.